The molecule has 1 saturated carbocycles. The molecule has 0 bridgehead atoms. The summed E-state index contributed by atoms with van der Waals surface area (Å²) >= 11 is 0. The third-order valence-electron chi connectivity index (χ3n) is 4.18. The number of hydrogen-bond acceptors (Lipinski definition) is 3. The summed E-state index contributed by atoms with van der Waals surface area (Å²) < 4.78 is 1.89. The highest BCUT2D eigenvalue weighted by Crippen LogP contribution is 2.32. The fourth-order valence-corrected chi connectivity index (χ4v) is 3.38. The Morgan fingerprint density at radius 3 is 2.94 bits per heavy atom. The molecule has 1 aliphatic carbocycles. The molecule has 1 N–H and O–H groups in total. The summed E-state index contributed by atoms with van der Waals surface area (Å²) in [6.07, 6.45) is 9.63. The van der Waals surface area contributed by atoms with Gasteiger partial charge in [-0.2, -0.15) is 5.10 Å². The van der Waals surface area contributed by atoms with Crippen molar-refractivity contribution in [2.45, 2.75) is 37.8 Å². The summed E-state index contributed by atoms with van der Waals surface area (Å²) in [4.78, 5) is 2.58. The second-order valence-corrected chi connectivity index (χ2v) is 5.65. The third kappa shape index (κ3) is 2.38. The maximum absolute atomic E-state index is 4.25. The van der Waals surface area contributed by atoms with E-state index in [2.05, 4.69) is 21.5 Å². The summed E-state index contributed by atoms with van der Waals surface area (Å²) in [5.41, 5.74) is 1.77. The van der Waals surface area contributed by atoms with Crippen LogP contribution < -0.4 is 5.32 Å². The van der Waals surface area contributed by atoms with E-state index in [0.29, 0.717) is 5.54 Å². The zero-order valence-electron chi connectivity index (χ0n) is 10.7. The number of hydrogen-bond donors (Lipinski definition) is 1. The first-order valence-corrected chi connectivity index (χ1v) is 6.71. The molecule has 2 heterocycles. The predicted molar refractivity (Wildman–Crippen MR) is 67.7 cm³/mol. The quantitative estimate of drug-likeness (QED) is 0.833. The fourth-order valence-electron chi connectivity index (χ4n) is 3.38. The topological polar surface area (TPSA) is 33.1 Å². The Morgan fingerprint density at radius 2 is 2.24 bits per heavy atom. The summed E-state index contributed by atoms with van der Waals surface area (Å²) in [6.45, 7) is 4.57. The van der Waals surface area contributed by atoms with Gasteiger partial charge in [0.2, 0.25) is 0 Å². The molecule has 0 atom stereocenters. The van der Waals surface area contributed by atoms with E-state index in [1.165, 1.54) is 37.8 Å². The molecule has 0 aromatic carbocycles. The molecule has 1 saturated heterocycles. The van der Waals surface area contributed by atoms with Gasteiger partial charge in [0.25, 0.3) is 0 Å². The van der Waals surface area contributed by atoms with Crippen LogP contribution in [0.2, 0.25) is 0 Å². The summed E-state index contributed by atoms with van der Waals surface area (Å²) in [7, 11) is 1.99. The average Bonchev–Trinajstić information content (AvgIpc) is 2.89. The molecule has 2 fully saturated rings. The molecule has 17 heavy (non-hydrogen) atoms. The van der Waals surface area contributed by atoms with Gasteiger partial charge >= 0.3 is 0 Å². The molecular formula is C13H22N4. The van der Waals surface area contributed by atoms with E-state index in [4.69, 9.17) is 0 Å². The Labute approximate surface area is 103 Å². The molecule has 0 unspecified atom stereocenters. The number of aromatic nitrogens is 2. The second kappa shape index (κ2) is 4.42. The summed E-state index contributed by atoms with van der Waals surface area (Å²) in [5.74, 6) is 0. The standard InChI is InChI=1S/C13H22N4/c1-16-9-12(8-15-16)10-17-7-6-14-13(11-17)4-2-3-5-13/h8-9,14H,2-7,10-11H2,1H3. The van der Waals surface area contributed by atoms with Crippen LogP contribution >= 0.6 is 0 Å². The van der Waals surface area contributed by atoms with Crippen LogP contribution in [-0.2, 0) is 13.6 Å². The minimum Gasteiger partial charge on any atom is -0.309 e. The summed E-state index contributed by atoms with van der Waals surface area (Å²) in [6, 6.07) is 0. The smallest absolute Gasteiger partial charge is 0.0534 e. The lowest BCUT2D eigenvalue weighted by Crippen LogP contribution is -2.58. The Bertz CT molecular complexity index is 379. The third-order valence-corrected chi connectivity index (χ3v) is 4.18. The normalized spacial score (nSPS) is 24.5. The molecule has 4 heteroatoms. The molecule has 1 aliphatic heterocycles. The van der Waals surface area contributed by atoms with Gasteiger partial charge in [0.15, 0.2) is 0 Å². The SMILES string of the molecule is Cn1cc(CN2CCNC3(CCCC3)C2)cn1. The van der Waals surface area contributed by atoms with E-state index in [-0.39, 0.29) is 0 Å². The van der Waals surface area contributed by atoms with Crippen LogP contribution in [0.15, 0.2) is 12.4 Å². The molecule has 4 nitrogen and oxygen atoms in total. The zero-order chi connectivity index (χ0) is 11.7. The second-order valence-electron chi connectivity index (χ2n) is 5.65. The minimum absolute atomic E-state index is 0.431. The predicted octanol–water partition coefficient (Wildman–Crippen LogP) is 1.14. The largest absolute Gasteiger partial charge is 0.309 e. The van der Waals surface area contributed by atoms with Crippen LogP contribution in [0.4, 0.5) is 0 Å². The number of nitrogens with zero attached hydrogens (tertiary/aromatic N) is 3. The van der Waals surface area contributed by atoms with Gasteiger partial charge in [0, 0.05) is 50.5 Å². The molecule has 3 rings (SSSR count). The lowest BCUT2D eigenvalue weighted by molar-refractivity contribution is 0.129. The van der Waals surface area contributed by atoms with Gasteiger partial charge in [0.05, 0.1) is 6.20 Å². The molecule has 2 aliphatic rings. The van der Waals surface area contributed by atoms with Crippen LogP contribution in [0.3, 0.4) is 0 Å². The van der Waals surface area contributed by atoms with Crippen LogP contribution in [0.25, 0.3) is 0 Å². The van der Waals surface area contributed by atoms with Gasteiger partial charge in [-0.15, -0.1) is 0 Å². The Morgan fingerprint density at radius 1 is 1.41 bits per heavy atom. The van der Waals surface area contributed by atoms with E-state index in [1.54, 1.807) is 0 Å². The lowest BCUT2D eigenvalue weighted by Gasteiger charge is -2.41. The molecule has 94 valence electrons. The number of aryl methyl sites for hydroxylation is 1. The molecule has 1 aromatic heterocycles. The van der Waals surface area contributed by atoms with Gasteiger partial charge in [-0.05, 0) is 12.8 Å². The monoisotopic (exact) mass is 234 g/mol. The first kappa shape index (κ1) is 11.2. The van der Waals surface area contributed by atoms with Crippen molar-refractivity contribution in [1.29, 1.82) is 0 Å². The van der Waals surface area contributed by atoms with Crippen LogP contribution in [-0.4, -0.2) is 39.9 Å². The number of piperazine rings is 1. The molecule has 0 radical (unpaired) electrons. The van der Waals surface area contributed by atoms with E-state index in [1.807, 2.05) is 17.9 Å². The Balaban J connectivity index is 1.64. The van der Waals surface area contributed by atoms with Gasteiger partial charge in [0.1, 0.15) is 0 Å². The maximum Gasteiger partial charge on any atom is 0.0534 e. The molecule has 1 aromatic rings. The Kier molecular flexibility index (Phi) is 2.92. The minimum atomic E-state index is 0.431. The van der Waals surface area contributed by atoms with Gasteiger partial charge in [-0.1, -0.05) is 12.8 Å². The van der Waals surface area contributed by atoms with Crippen molar-refractivity contribution in [3.8, 4) is 0 Å². The summed E-state index contributed by atoms with van der Waals surface area (Å²) in [5, 5.41) is 8.00. The van der Waals surface area contributed by atoms with Gasteiger partial charge in [-0.25, -0.2) is 0 Å². The van der Waals surface area contributed by atoms with Crippen molar-refractivity contribution in [2.75, 3.05) is 19.6 Å². The number of nitrogens with one attached hydrogen (secondary N) is 1. The van der Waals surface area contributed by atoms with Crippen molar-refractivity contribution in [1.82, 2.24) is 20.0 Å². The van der Waals surface area contributed by atoms with Crippen LogP contribution in [0, 0.1) is 0 Å². The highest BCUT2D eigenvalue weighted by molar-refractivity contribution is 5.05. The average molecular weight is 234 g/mol. The highest BCUT2D eigenvalue weighted by Gasteiger charge is 2.37. The molecule has 0 amide bonds. The van der Waals surface area contributed by atoms with E-state index in [9.17, 15) is 0 Å². The number of rotatable bonds is 2. The van der Waals surface area contributed by atoms with Crippen molar-refractivity contribution in [3.05, 3.63) is 18.0 Å². The zero-order valence-corrected chi connectivity index (χ0v) is 10.7. The van der Waals surface area contributed by atoms with E-state index in [0.717, 1.165) is 19.6 Å². The van der Waals surface area contributed by atoms with Crippen molar-refractivity contribution >= 4 is 0 Å². The first-order chi connectivity index (χ1) is 8.26. The first-order valence-electron chi connectivity index (χ1n) is 6.71. The lowest BCUT2D eigenvalue weighted by atomic mass is 9.94. The van der Waals surface area contributed by atoms with Crippen molar-refractivity contribution in [2.24, 2.45) is 7.05 Å². The van der Waals surface area contributed by atoms with E-state index < -0.39 is 0 Å². The van der Waals surface area contributed by atoms with Gasteiger partial charge in [-0.3, -0.25) is 9.58 Å². The molecule has 1 spiro atoms. The van der Waals surface area contributed by atoms with Crippen molar-refractivity contribution in [3.63, 3.8) is 0 Å². The Hall–Kier alpha value is -0.870. The van der Waals surface area contributed by atoms with E-state index >= 15 is 0 Å². The molecular weight excluding hydrogens is 212 g/mol. The van der Waals surface area contributed by atoms with Crippen molar-refractivity contribution < 1.29 is 0 Å². The van der Waals surface area contributed by atoms with Crippen LogP contribution in [0.1, 0.15) is 31.2 Å². The fraction of sp³-hybridized carbons (Fsp3) is 0.769. The maximum atomic E-state index is 4.25. The highest BCUT2D eigenvalue weighted by atomic mass is 15.3. The van der Waals surface area contributed by atoms with Crippen LogP contribution in [0.5, 0.6) is 0 Å². The van der Waals surface area contributed by atoms with Gasteiger partial charge < -0.3 is 5.32 Å².